The second kappa shape index (κ2) is 47.6. The first-order chi connectivity index (χ1) is 32.4. The Bertz CT molecular complexity index is 1290. The Labute approximate surface area is 414 Å². The number of hydrogen-bond donors (Lipinski definition) is 2. The minimum atomic E-state index is -4.45. The first-order valence-electron chi connectivity index (χ1n) is 28.0. The monoisotopic (exact) mass is 964 g/mol. The Hall–Kier alpha value is -2.03. The standard InChI is InChI=1S/C57H107N2O7P/c1-7-10-13-16-19-22-25-28-31-34-37-40-43-46-49-56(60)58-54(53-65-67(62,63)64-52-51-59(4,5)6)55(48-45-42-39-36-33-30-27-24-21-18-15-12-9-3)66-57(61)50-47-44-41-38-35-32-29-26-23-20-17-14-11-8-2/h11,14,20,23,31,34,45,48,54-55H,7-10,12-13,15-19,21-22,24-30,32-33,35-44,46-47,49-53H2,1-6H3,(H-,58,60,62,63)/p+1/b14-11+,23-20+,34-31-,48-45+. The van der Waals surface area contributed by atoms with Crippen LogP contribution < -0.4 is 5.32 Å². The van der Waals surface area contributed by atoms with Crippen molar-refractivity contribution in [2.45, 2.75) is 264 Å². The summed E-state index contributed by atoms with van der Waals surface area (Å²) in [7, 11) is 1.48. The van der Waals surface area contributed by atoms with Crippen LogP contribution in [0.3, 0.4) is 0 Å². The van der Waals surface area contributed by atoms with Gasteiger partial charge in [0.1, 0.15) is 19.3 Å². The maximum Gasteiger partial charge on any atom is 0.472 e. The molecule has 3 unspecified atom stereocenters. The molecule has 10 heteroatoms. The molecule has 1 amide bonds. The SMILES string of the molecule is CC/C=C/C/C=C/CCCCCCCCCC(=O)OC(/C=C/CCCCCCCCCCCCC)C(COP(=O)(O)OCC[N+](C)(C)C)NC(=O)CCCCC/C=C\CCCCCCCCC. The number of nitrogens with one attached hydrogen (secondary N) is 1. The summed E-state index contributed by atoms with van der Waals surface area (Å²) in [5.74, 6) is -0.530. The van der Waals surface area contributed by atoms with Gasteiger partial charge in [0.15, 0.2) is 0 Å². The van der Waals surface area contributed by atoms with Crippen molar-refractivity contribution in [2.75, 3.05) is 40.9 Å². The molecular formula is C57H108N2O7P+. The van der Waals surface area contributed by atoms with E-state index in [4.69, 9.17) is 13.8 Å². The molecule has 0 heterocycles. The highest BCUT2D eigenvalue weighted by molar-refractivity contribution is 7.47. The number of allylic oxidation sites excluding steroid dienone is 7. The molecule has 9 nitrogen and oxygen atoms in total. The van der Waals surface area contributed by atoms with Gasteiger partial charge >= 0.3 is 13.8 Å². The van der Waals surface area contributed by atoms with Crippen molar-refractivity contribution in [1.82, 2.24) is 5.32 Å². The zero-order valence-electron chi connectivity index (χ0n) is 44.6. The smallest absolute Gasteiger partial charge is 0.456 e. The van der Waals surface area contributed by atoms with Gasteiger partial charge in [-0.05, 0) is 83.1 Å². The summed E-state index contributed by atoms with van der Waals surface area (Å²) < 4.78 is 30.6. The summed E-state index contributed by atoms with van der Waals surface area (Å²) in [6.45, 7) is 6.89. The summed E-state index contributed by atoms with van der Waals surface area (Å²) in [6.07, 6.45) is 56.7. The number of nitrogens with zero attached hydrogens (tertiary/aromatic N) is 1. The van der Waals surface area contributed by atoms with Crippen molar-refractivity contribution in [2.24, 2.45) is 0 Å². The lowest BCUT2D eigenvalue weighted by atomic mass is 10.0. The molecule has 67 heavy (non-hydrogen) atoms. The maximum absolute atomic E-state index is 13.5. The van der Waals surface area contributed by atoms with Gasteiger partial charge < -0.3 is 19.4 Å². The van der Waals surface area contributed by atoms with Gasteiger partial charge in [0.25, 0.3) is 0 Å². The van der Waals surface area contributed by atoms with Crippen molar-refractivity contribution < 1.29 is 37.3 Å². The van der Waals surface area contributed by atoms with Crippen LogP contribution in [-0.2, 0) is 27.9 Å². The van der Waals surface area contributed by atoms with E-state index in [1.54, 1.807) is 0 Å². The van der Waals surface area contributed by atoms with Crippen molar-refractivity contribution in [3.05, 3.63) is 48.6 Å². The lowest BCUT2D eigenvalue weighted by Gasteiger charge is -2.27. The minimum Gasteiger partial charge on any atom is -0.456 e. The second-order valence-electron chi connectivity index (χ2n) is 20.1. The number of likely N-dealkylation sites (N-methyl/N-ethyl adjacent to an activating group) is 1. The number of rotatable bonds is 50. The van der Waals surface area contributed by atoms with E-state index in [1.165, 1.54) is 122 Å². The third kappa shape index (κ3) is 48.8. The number of phosphoric ester groups is 1. The molecule has 0 saturated heterocycles. The molecule has 0 rings (SSSR count). The van der Waals surface area contributed by atoms with Crippen LogP contribution in [-0.4, -0.2) is 74.3 Å². The first kappa shape index (κ1) is 65.0. The van der Waals surface area contributed by atoms with E-state index in [1.807, 2.05) is 33.3 Å². The Morgan fingerprint density at radius 1 is 0.537 bits per heavy atom. The molecule has 0 saturated carbocycles. The number of ether oxygens (including phenoxy) is 1. The van der Waals surface area contributed by atoms with Gasteiger partial charge in [0.2, 0.25) is 5.91 Å². The average Bonchev–Trinajstić information content (AvgIpc) is 3.28. The molecule has 0 aliphatic heterocycles. The van der Waals surface area contributed by atoms with Crippen molar-refractivity contribution in [3.63, 3.8) is 0 Å². The molecule has 0 bridgehead atoms. The average molecular weight is 964 g/mol. The van der Waals surface area contributed by atoms with E-state index < -0.39 is 20.0 Å². The van der Waals surface area contributed by atoms with Crippen molar-refractivity contribution >= 4 is 19.7 Å². The predicted molar refractivity (Wildman–Crippen MR) is 286 cm³/mol. The van der Waals surface area contributed by atoms with E-state index in [9.17, 15) is 19.0 Å². The van der Waals surface area contributed by atoms with Crippen LogP contribution in [0.15, 0.2) is 48.6 Å². The van der Waals surface area contributed by atoms with Crippen LogP contribution >= 0.6 is 7.82 Å². The van der Waals surface area contributed by atoms with E-state index in [2.05, 4.69) is 62.5 Å². The summed E-state index contributed by atoms with van der Waals surface area (Å²) in [4.78, 5) is 37.5. The van der Waals surface area contributed by atoms with Gasteiger partial charge in [-0.1, -0.05) is 205 Å². The fraction of sp³-hybridized carbons (Fsp3) is 0.825. The van der Waals surface area contributed by atoms with Crippen LogP contribution in [0.5, 0.6) is 0 Å². The zero-order chi connectivity index (χ0) is 49.4. The fourth-order valence-corrected chi connectivity index (χ4v) is 8.65. The summed E-state index contributed by atoms with van der Waals surface area (Å²) in [5.41, 5.74) is 0. The van der Waals surface area contributed by atoms with Crippen LogP contribution in [0.4, 0.5) is 0 Å². The van der Waals surface area contributed by atoms with E-state index in [0.29, 0.717) is 17.4 Å². The molecular weight excluding hydrogens is 856 g/mol. The van der Waals surface area contributed by atoms with Crippen LogP contribution in [0, 0.1) is 0 Å². The second-order valence-corrected chi connectivity index (χ2v) is 21.5. The lowest BCUT2D eigenvalue weighted by Crippen LogP contribution is -2.47. The Balaban J connectivity index is 5.43. The highest BCUT2D eigenvalue weighted by Crippen LogP contribution is 2.43. The van der Waals surface area contributed by atoms with E-state index >= 15 is 0 Å². The van der Waals surface area contributed by atoms with Crippen molar-refractivity contribution in [1.29, 1.82) is 0 Å². The van der Waals surface area contributed by atoms with Gasteiger partial charge in [-0.3, -0.25) is 18.6 Å². The van der Waals surface area contributed by atoms with E-state index in [-0.39, 0.29) is 31.5 Å². The number of quaternary nitrogens is 1. The van der Waals surface area contributed by atoms with Crippen molar-refractivity contribution in [3.8, 4) is 0 Å². The summed E-state index contributed by atoms with van der Waals surface area (Å²) >= 11 is 0. The van der Waals surface area contributed by atoms with Crippen LogP contribution in [0.2, 0.25) is 0 Å². The molecule has 0 spiro atoms. The summed E-state index contributed by atoms with van der Waals surface area (Å²) in [5, 5.41) is 3.03. The number of phosphoric acid groups is 1. The normalized spacial score (nSPS) is 14.2. The molecule has 0 aromatic carbocycles. The number of carbonyl (C=O) groups is 2. The highest BCUT2D eigenvalue weighted by Gasteiger charge is 2.30. The van der Waals surface area contributed by atoms with Gasteiger partial charge in [0, 0.05) is 12.8 Å². The van der Waals surface area contributed by atoms with E-state index in [0.717, 1.165) is 96.3 Å². The third-order valence-corrected chi connectivity index (χ3v) is 13.2. The maximum atomic E-state index is 13.5. The third-order valence-electron chi connectivity index (χ3n) is 12.3. The number of esters is 1. The van der Waals surface area contributed by atoms with Gasteiger partial charge in [0.05, 0.1) is 33.8 Å². The molecule has 2 N–H and O–H groups in total. The van der Waals surface area contributed by atoms with Crippen LogP contribution in [0.1, 0.15) is 252 Å². The quantitative estimate of drug-likeness (QED) is 0.0205. The zero-order valence-corrected chi connectivity index (χ0v) is 45.5. The molecule has 0 aromatic rings. The lowest BCUT2D eigenvalue weighted by molar-refractivity contribution is -0.870. The molecule has 0 aliphatic rings. The molecule has 0 fully saturated rings. The largest absolute Gasteiger partial charge is 0.472 e. The molecule has 0 aliphatic carbocycles. The number of unbranched alkanes of at least 4 members (excludes halogenated alkanes) is 28. The first-order valence-corrected chi connectivity index (χ1v) is 29.5. The Morgan fingerprint density at radius 2 is 0.955 bits per heavy atom. The molecule has 0 radical (unpaired) electrons. The molecule has 0 aromatic heterocycles. The Kier molecular flexibility index (Phi) is 46.2. The fourth-order valence-electron chi connectivity index (χ4n) is 7.91. The van der Waals surface area contributed by atoms with Gasteiger partial charge in [-0.25, -0.2) is 4.57 Å². The molecule has 392 valence electrons. The predicted octanol–water partition coefficient (Wildman–Crippen LogP) is 16.6. The summed E-state index contributed by atoms with van der Waals surface area (Å²) in [6, 6.07) is -0.857. The minimum absolute atomic E-state index is 0.0361. The van der Waals surface area contributed by atoms with Gasteiger partial charge in [-0.2, -0.15) is 0 Å². The number of carbonyl (C=O) groups excluding carboxylic acids is 2. The molecule has 3 atom stereocenters. The van der Waals surface area contributed by atoms with Crippen LogP contribution in [0.25, 0.3) is 0 Å². The highest BCUT2D eigenvalue weighted by atomic mass is 31.2. The topological polar surface area (TPSA) is 111 Å². The number of amides is 1. The Morgan fingerprint density at radius 3 is 1.45 bits per heavy atom. The van der Waals surface area contributed by atoms with Gasteiger partial charge in [-0.15, -0.1) is 0 Å². The number of hydrogen-bond acceptors (Lipinski definition) is 6.